The number of anilines is 1. The first-order valence-electron chi connectivity index (χ1n) is 7.17. The Morgan fingerprint density at radius 1 is 1.05 bits per heavy atom. The molecule has 0 spiro atoms. The minimum absolute atomic E-state index is 0.142. The minimum atomic E-state index is -3.34. The normalized spacial score (nSPS) is 21.1. The molecule has 1 heterocycles. The average molecular weight is 295 g/mol. The maximum atomic E-state index is 12.1. The third-order valence-corrected chi connectivity index (χ3v) is 5.49. The van der Waals surface area contributed by atoms with Gasteiger partial charge in [0.25, 0.3) is 0 Å². The van der Waals surface area contributed by atoms with Gasteiger partial charge < -0.3 is 10.6 Å². The van der Waals surface area contributed by atoms with Gasteiger partial charge in [-0.15, -0.1) is 0 Å². The lowest BCUT2D eigenvalue weighted by Crippen LogP contribution is -2.39. The van der Waals surface area contributed by atoms with Crippen LogP contribution in [0, 0.1) is 0 Å². The van der Waals surface area contributed by atoms with Crippen LogP contribution in [-0.4, -0.2) is 33.6 Å². The smallest absolute Gasteiger partial charge is 0.240 e. The summed E-state index contributed by atoms with van der Waals surface area (Å²) < 4.78 is 26.8. The Kier molecular flexibility index (Phi) is 3.70. The molecule has 110 valence electrons. The van der Waals surface area contributed by atoms with E-state index in [-0.39, 0.29) is 6.04 Å². The van der Waals surface area contributed by atoms with Gasteiger partial charge in [0.2, 0.25) is 10.0 Å². The largest absolute Gasteiger partial charge is 0.371 e. The Balaban J connectivity index is 1.70. The molecular formula is C14H21N3O2S. The maximum absolute atomic E-state index is 12.1. The average Bonchev–Trinajstić information content (AvgIpc) is 3.23. The van der Waals surface area contributed by atoms with Gasteiger partial charge in [-0.3, -0.25) is 0 Å². The zero-order valence-electron chi connectivity index (χ0n) is 11.5. The molecule has 20 heavy (non-hydrogen) atoms. The molecule has 2 aliphatic rings. The van der Waals surface area contributed by atoms with Crippen LogP contribution in [0.1, 0.15) is 25.7 Å². The summed E-state index contributed by atoms with van der Waals surface area (Å²) in [4.78, 5) is 2.61. The van der Waals surface area contributed by atoms with Crippen molar-refractivity contribution in [1.82, 2.24) is 4.72 Å². The number of rotatable bonds is 4. The third-order valence-electron chi connectivity index (χ3n) is 3.95. The lowest BCUT2D eigenvalue weighted by Gasteiger charge is -2.32. The van der Waals surface area contributed by atoms with E-state index in [1.54, 1.807) is 12.1 Å². The molecule has 0 atom stereocenters. The van der Waals surface area contributed by atoms with Crippen LogP contribution in [0.25, 0.3) is 0 Å². The summed E-state index contributed by atoms with van der Waals surface area (Å²) in [6, 6.07) is 7.59. The van der Waals surface area contributed by atoms with Gasteiger partial charge in [0, 0.05) is 30.9 Å². The van der Waals surface area contributed by atoms with Gasteiger partial charge in [0.1, 0.15) is 0 Å². The van der Waals surface area contributed by atoms with E-state index < -0.39 is 10.0 Å². The zero-order valence-corrected chi connectivity index (χ0v) is 12.3. The van der Waals surface area contributed by atoms with Crippen molar-refractivity contribution in [3.05, 3.63) is 24.3 Å². The summed E-state index contributed by atoms with van der Waals surface area (Å²) in [6.07, 6.45) is 3.88. The molecule has 3 rings (SSSR count). The molecule has 1 aliphatic carbocycles. The second-order valence-electron chi connectivity index (χ2n) is 5.71. The molecule has 1 saturated heterocycles. The van der Waals surface area contributed by atoms with Crippen molar-refractivity contribution in [3.8, 4) is 0 Å². The molecule has 1 saturated carbocycles. The van der Waals surface area contributed by atoms with E-state index in [2.05, 4.69) is 9.62 Å². The van der Waals surface area contributed by atoms with Crippen LogP contribution in [0.15, 0.2) is 29.2 Å². The molecule has 3 N–H and O–H groups in total. The van der Waals surface area contributed by atoms with Gasteiger partial charge in [-0.05, 0) is 49.9 Å². The first kappa shape index (κ1) is 13.9. The molecular weight excluding hydrogens is 274 g/mol. The van der Waals surface area contributed by atoms with E-state index in [1.807, 2.05) is 12.1 Å². The van der Waals surface area contributed by atoms with Gasteiger partial charge >= 0.3 is 0 Å². The number of nitrogens with zero attached hydrogens (tertiary/aromatic N) is 1. The van der Waals surface area contributed by atoms with Crippen LogP contribution in [-0.2, 0) is 10.0 Å². The highest BCUT2D eigenvalue weighted by Gasteiger charge is 2.28. The van der Waals surface area contributed by atoms with Gasteiger partial charge in [-0.1, -0.05) is 0 Å². The van der Waals surface area contributed by atoms with Crippen molar-refractivity contribution in [2.24, 2.45) is 5.73 Å². The van der Waals surface area contributed by atoms with E-state index in [0.29, 0.717) is 10.9 Å². The Hall–Kier alpha value is -1.11. The molecule has 1 aromatic carbocycles. The Labute approximate surface area is 120 Å². The van der Waals surface area contributed by atoms with Crippen molar-refractivity contribution in [3.63, 3.8) is 0 Å². The third kappa shape index (κ3) is 3.13. The monoisotopic (exact) mass is 295 g/mol. The Morgan fingerprint density at radius 3 is 2.20 bits per heavy atom. The first-order valence-corrected chi connectivity index (χ1v) is 8.66. The van der Waals surface area contributed by atoms with Gasteiger partial charge in [-0.25, -0.2) is 13.1 Å². The standard InChI is InChI=1S/C14H21N3O2S/c15-11-7-9-17(10-8-11)13-3-5-14(6-4-13)20(18,19)16-12-1-2-12/h3-6,11-12,16H,1-2,7-10,15H2. The number of sulfonamides is 1. The van der Waals surface area contributed by atoms with Crippen LogP contribution >= 0.6 is 0 Å². The summed E-state index contributed by atoms with van der Waals surface area (Å²) in [6.45, 7) is 1.88. The highest BCUT2D eigenvalue weighted by atomic mass is 32.2. The van der Waals surface area contributed by atoms with Crippen molar-refractivity contribution in [1.29, 1.82) is 0 Å². The molecule has 0 bridgehead atoms. The van der Waals surface area contributed by atoms with Crippen LogP contribution in [0.3, 0.4) is 0 Å². The summed E-state index contributed by atoms with van der Waals surface area (Å²) in [7, 11) is -3.34. The van der Waals surface area contributed by atoms with E-state index in [1.165, 1.54) is 0 Å². The predicted octanol–water partition coefficient (Wildman–Crippen LogP) is 1.05. The number of hydrogen-bond acceptors (Lipinski definition) is 4. The van der Waals surface area contributed by atoms with E-state index >= 15 is 0 Å². The first-order chi connectivity index (χ1) is 9.54. The summed E-state index contributed by atoms with van der Waals surface area (Å²) >= 11 is 0. The predicted molar refractivity (Wildman–Crippen MR) is 79.2 cm³/mol. The molecule has 1 aliphatic heterocycles. The fraction of sp³-hybridized carbons (Fsp3) is 0.571. The topological polar surface area (TPSA) is 75.4 Å². The molecule has 0 radical (unpaired) electrons. The molecule has 6 heteroatoms. The van der Waals surface area contributed by atoms with Gasteiger partial charge in [0.15, 0.2) is 0 Å². The molecule has 5 nitrogen and oxygen atoms in total. The number of nitrogens with one attached hydrogen (secondary N) is 1. The highest BCUT2D eigenvalue weighted by Crippen LogP contribution is 2.24. The maximum Gasteiger partial charge on any atom is 0.240 e. The van der Waals surface area contributed by atoms with E-state index in [0.717, 1.165) is 44.5 Å². The Bertz CT molecular complexity index is 559. The summed E-state index contributed by atoms with van der Waals surface area (Å²) in [5, 5.41) is 0. The lowest BCUT2D eigenvalue weighted by atomic mass is 10.1. The number of hydrogen-bond donors (Lipinski definition) is 2. The second-order valence-corrected chi connectivity index (χ2v) is 7.43. The molecule has 1 aromatic rings. The van der Waals surface area contributed by atoms with Crippen LogP contribution < -0.4 is 15.4 Å². The SMILES string of the molecule is NC1CCN(c2ccc(S(=O)(=O)NC3CC3)cc2)CC1. The summed E-state index contributed by atoms with van der Waals surface area (Å²) in [5.74, 6) is 0. The second kappa shape index (κ2) is 5.35. The minimum Gasteiger partial charge on any atom is -0.371 e. The van der Waals surface area contributed by atoms with Crippen LogP contribution in [0.2, 0.25) is 0 Å². The van der Waals surface area contributed by atoms with Crippen molar-refractivity contribution in [2.45, 2.75) is 42.7 Å². The molecule has 0 aromatic heterocycles. The fourth-order valence-electron chi connectivity index (χ4n) is 2.48. The number of nitrogens with two attached hydrogens (primary N) is 1. The zero-order chi connectivity index (χ0) is 14.2. The van der Waals surface area contributed by atoms with E-state index in [4.69, 9.17) is 5.73 Å². The van der Waals surface area contributed by atoms with Gasteiger partial charge in [-0.2, -0.15) is 0 Å². The fourth-order valence-corrected chi connectivity index (χ4v) is 3.79. The van der Waals surface area contributed by atoms with Crippen molar-refractivity contribution >= 4 is 15.7 Å². The number of benzene rings is 1. The van der Waals surface area contributed by atoms with Crippen LogP contribution in [0.5, 0.6) is 0 Å². The van der Waals surface area contributed by atoms with E-state index in [9.17, 15) is 8.42 Å². The Morgan fingerprint density at radius 2 is 1.65 bits per heavy atom. The molecule has 0 unspecified atom stereocenters. The molecule has 0 amide bonds. The molecule has 2 fully saturated rings. The summed E-state index contributed by atoms with van der Waals surface area (Å²) in [5.41, 5.74) is 6.97. The number of piperidine rings is 1. The quantitative estimate of drug-likeness (QED) is 0.871. The van der Waals surface area contributed by atoms with Crippen LogP contribution in [0.4, 0.5) is 5.69 Å². The lowest BCUT2D eigenvalue weighted by molar-refractivity contribution is 0.501. The van der Waals surface area contributed by atoms with Gasteiger partial charge in [0.05, 0.1) is 4.90 Å². The van der Waals surface area contributed by atoms with Crippen molar-refractivity contribution in [2.75, 3.05) is 18.0 Å². The van der Waals surface area contributed by atoms with Crippen molar-refractivity contribution < 1.29 is 8.42 Å². The highest BCUT2D eigenvalue weighted by molar-refractivity contribution is 7.89.